The molecule has 0 saturated heterocycles. The second kappa shape index (κ2) is 8.80. The van der Waals surface area contributed by atoms with Gasteiger partial charge in [-0.3, -0.25) is 9.78 Å². The molecule has 0 bridgehead atoms. The summed E-state index contributed by atoms with van der Waals surface area (Å²) in [6, 6.07) is 2.01. The van der Waals surface area contributed by atoms with Crippen molar-refractivity contribution in [1.29, 1.82) is 0 Å². The van der Waals surface area contributed by atoms with E-state index >= 15 is 0 Å². The van der Waals surface area contributed by atoms with Gasteiger partial charge in [0.2, 0.25) is 0 Å². The third-order valence-corrected chi connectivity index (χ3v) is 3.64. The highest BCUT2D eigenvalue weighted by atomic mass is 32.2. The molecule has 1 aromatic heterocycles. The molecule has 0 aromatic carbocycles. The van der Waals surface area contributed by atoms with E-state index < -0.39 is 0 Å². The molecule has 5 heteroatoms. The third kappa shape index (κ3) is 5.51. The van der Waals surface area contributed by atoms with E-state index in [2.05, 4.69) is 22.5 Å². The van der Waals surface area contributed by atoms with Crippen LogP contribution in [0.25, 0.3) is 0 Å². The van der Waals surface area contributed by atoms with E-state index in [4.69, 9.17) is 0 Å². The summed E-state index contributed by atoms with van der Waals surface area (Å²) < 4.78 is 0. The van der Waals surface area contributed by atoms with Crippen LogP contribution >= 0.6 is 11.8 Å². The van der Waals surface area contributed by atoms with Gasteiger partial charge in [-0.05, 0) is 37.8 Å². The van der Waals surface area contributed by atoms with Crippen LogP contribution in [0.2, 0.25) is 0 Å². The van der Waals surface area contributed by atoms with E-state index in [0.29, 0.717) is 5.56 Å². The normalized spacial score (nSPS) is 11.9. The van der Waals surface area contributed by atoms with Gasteiger partial charge in [0, 0.05) is 25.0 Å². The zero-order chi connectivity index (χ0) is 14.1. The molecular weight excluding hydrogens is 258 g/mol. The molecule has 0 saturated carbocycles. The Balaban J connectivity index is 2.57. The largest absolute Gasteiger partial charge is 0.385 e. The second-order valence-electron chi connectivity index (χ2n) is 4.31. The molecule has 0 aliphatic rings. The number of thioether (sulfide) groups is 1. The van der Waals surface area contributed by atoms with E-state index in [-0.39, 0.29) is 11.9 Å². The van der Waals surface area contributed by atoms with Crippen molar-refractivity contribution in [3.05, 3.63) is 24.0 Å². The van der Waals surface area contributed by atoms with Crippen LogP contribution in [-0.2, 0) is 0 Å². The van der Waals surface area contributed by atoms with Crippen molar-refractivity contribution in [1.82, 2.24) is 10.3 Å². The van der Waals surface area contributed by atoms with E-state index in [0.717, 1.165) is 30.2 Å². The van der Waals surface area contributed by atoms with Gasteiger partial charge in [-0.1, -0.05) is 6.92 Å². The maximum Gasteiger partial charge on any atom is 0.255 e. The first kappa shape index (κ1) is 15.8. The first-order valence-corrected chi connectivity index (χ1v) is 7.91. The van der Waals surface area contributed by atoms with Crippen LogP contribution < -0.4 is 10.6 Å². The molecule has 1 amide bonds. The number of pyridine rings is 1. The highest BCUT2D eigenvalue weighted by molar-refractivity contribution is 7.99. The van der Waals surface area contributed by atoms with Crippen molar-refractivity contribution in [3.8, 4) is 0 Å². The minimum atomic E-state index is -0.0574. The van der Waals surface area contributed by atoms with Crippen LogP contribution in [0.3, 0.4) is 0 Å². The van der Waals surface area contributed by atoms with Gasteiger partial charge in [0.25, 0.3) is 5.91 Å². The lowest BCUT2D eigenvalue weighted by Crippen LogP contribution is -2.33. The number of nitrogens with one attached hydrogen (secondary N) is 2. The Hall–Kier alpha value is -1.23. The van der Waals surface area contributed by atoms with E-state index in [1.54, 1.807) is 12.4 Å². The van der Waals surface area contributed by atoms with Crippen molar-refractivity contribution in [2.45, 2.75) is 33.2 Å². The number of hydrogen-bond donors (Lipinski definition) is 2. The second-order valence-corrected chi connectivity index (χ2v) is 5.71. The molecule has 1 unspecified atom stereocenters. The Morgan fingerprint density at radius 3 is 2.95 bits per heavy atom. The van der Waals surface area contributed by atoms with Gasteiger partial charge >= 0.3 is 0 Å². The average molecular weight is 281 g/mol. The summed E-state index contributed by atoms with van der Waals surface area (Å²) in [5.41, 5.74) is 1.45. The fraction of sp³-hybridized carbons (Fsp3) is 0.571. The summed E-state index contributed by atoms with van der Waals surface area (Å²) in [5.74, 6) is 2.14. The van der Waals surface area contributed by atoms with Crippen LogP contribution in [0.4, 0.5) is 5.69 Å². The number of anilines is 1. The average Bonchev–Trinajstić information content (AvgIpc) is 2.40. The van der Waals surface area contributed by atoms with Crippen LogP contribution in [-0.4, -0.2) is 35.0 Å². The van der Waals surface area contributed by atoms with Crippen LogP contribution in [0.15, 0.2) is 18.5 Å². The minimum Gasteiger partial charge on any atom is -0.385 e. The minimum absolute atomic E-state index is 0.0574. The lowest BCUT2D eigenvalue weighted by molar-refractivity contribution is 0.0940. The van der Waals surface area contributed by atoms with Gasteiger partial charge in [-0.2, -0.15) is 11.8 Å². The smallest absolute Gasteiger partial charge is 0.255 e. The molecule has 1 heterocycles. The lowest BCUT2D eigenvalue weighted by Gasteiger charge is -2.15. The summed E-state index contributed by atoms with van der Waals surface area (Å²) in [5, 5.41) is 6.20. The molecule has 1 aromatic rings. The molecule has 19 heavy (non-hydrogen) atoms. The number of aromatic nitrogens is 1. The molecule has 106 valence electrons. The van der Waals surface area contributed by atoms with E-state index in [1.165, 1.54) is 0 Å². The molecule has 4 nitrogen and oxygen atoms in total. The van der Waals surface area contributed by atoms with Crippen LogP contribution in [0.1, 0.15) is 37.6 Å². The number of carbonyl (C=O) groups excluding carboxylic acids is 1. The number of hydrogen-bond acceptors (Lipinski definition) is 4. The quantitative estimate of drug-likeness (QED) is 0.719. The molecule has 1 atom stereocenters. The zero-order valence-electron chi connectivity index (χ0n) is 11.9. The molecule has 0 radical (unpaired) electrons. The molecular formula is C14H23N3OS. The Labute approximate surface area is 119 Å². The Morgan fingerprint density at radius 1 is 1.47 bits per heavy atom. The Bertz CT molecular complexity index is 398. The Kier molecular flexibility index (Phi) is 7.33. The van der Waals surface area contributed by atoms with E-state index in [9.17, 15) is 4.79 Å². The van der Waals surface area contributed by atoms with E-state index in [1.807, 2.05) is 31.7 Å². The highest BCUT2D eigenvalue weighted by Crippen LogP contribution is 2.13. The van der Waals surface area contributed by atoms with Gasteiger partial charge < -0.3 is 10.6 Å². The maximum atomic E-state index is 12.2. The fourth-order valence-corrected chi connectivity index (χ4v) is 2.51. The van der Waals surface area contributed by atoms with Crippen molar-refractivity contribution < 1.29 is 4.79 Å². The van der Waals surface area contributed by atoms with Gasteiger partial charge in [0.15, 0.2) is 0 Å². The lowest BCUT2D eigenvalue weighted by atomic mass is 10.2. The molecule has 0 aliphatic carbocycles. The molecule has 0 aliphatic heterocycles. The molecule has 1 rings (SSSR count). The highest BCUT2D eigenvalue weighted by Gasteiger charge is 2.13. The number of carbonyl (C=O) groups is 1. The van der Waals surface area contributed by atoms with Gasteiger partial charge in [0.05, 0.1) is 11.3 Å². The maximum absolute atomic E-state index is 12.2. The molecule has 2 N–H and O–H groups in total. The van der Waals surface area contributed by atoms with Crippen molar-refractivity contribution in [2.75, 3.05) is 23.4 Å². The van der Waals surface area contributed by atoms with Crippen LogP contribution in [0, 0.1) is 0 Å². The SMILES string of the molecule is CCNc1ccncc1C(=O)NC(C)CCSCC. The van der Waals surface area contributed by atoms with Crippen molar-refractivity contribution >= 4 is 23.4 Å². The first-order chi connectivity index (χ1) is 9.19. The predicted octanol–water partition coefficient (Wildman–Crippen LogP) is 2.77. The number of rotatable bonds is 8. The van der Waals surface area contributed by atoms with Gasteiger partial charge in [-0.15, -0.1) is 0 Å². The summed E-state index contributed by atoms with van der Waals surface area (Å²) in [6.45, 7) is 6.98. The summed E-state index contributed by atoms with van der Waals surface area (Å²) >= 11 is 1.89. The van der Waals surface area contributed by atoms with Crippen LogP contribution in [0.5, 0.6) is 0 Å². The summed E-state index contributed by atoms with van der Waals surface area (Å²) in [7, 11) is 0. The standard InChI is InChI=1S/C14H23N3OS/c1-4-16-13-6-8-15-10-12(13)14(18)17-11(3)7-9-19-5-2/h6,8,10-11H,4-5,7,9H2,1-3H3,(H,15,16)(H,17,18). The molecule has 0 fully saturated rings. The predicted molar refractivity (Wildman–Crippen MR) is 82.9 cm³/mol. The summed E-state index contributed by atoms with van der Waals surface area (Å²) in [6.07, 6.45) is 4.29. The zero-order valence-corrected chi connectivity index (χ0v) is 12.7. The fourth-order valence-electron chi connectivity index (χ4n) is 1.70. The topological polar surface area (TPSA) is 54.0 Å². The van der Waals surface area contributed by atoms with Crippen molar-refractivity contribution in [2.24, 2.45) is 0 Å². The third-order valence-electron chi connectivity index (χ3n) is 2.71. The molecule has 0 spiro atoms. The van der Waals surface area contributed by atoms with Gasteiger partial charge in [0.1, 0.15) is 0 Å². The van der Waals surface area contributed by atoms with Crippen molar-refractivity contribution in [3.63, 3.8) is 0 Å². The first-order valence-electron chi connectivity index (χ1n) is 6.75. The summed E-state index contributed by atoms with van der Waals surface area (Å²) in [4.78, 5) is 16.2. The van der Waals surface area contributed by atoms with Gasteiger partial charge in [-0.25, -0.2) is 0 Å². The number of nitrogens with zero attached hydrogens (tertiary/aromatic N) is 1. The number of amides is 1. The monoisotopic (exact) mass is 281 g/mol. The Morgan fingerprint density at radius 2 is 2.26 bits per heavy atom.